The lowest BCUT2D eigenvalue weighted by Gasteiger charge is -2.25. The Bertz CT molecular complexity index is 705. The first-order chi connectivity index (χ1) is 11.2. The van der Waals surface area contributed by atoms with Gasteiger partial charge in [-0.25, -0.2) is 4.98 Å². The van der Waals surface area contributed by atoms with Gasteiger partial charge >= 0.3 is 12.2 Å². The van der Waals surface area contributed by atoms with Crippen LogP contribution in [0.1, 0.15) is 19.4 Å². The molecule has 2 aromatic rings. The molecule has 0 radical (unpaired) electrons. The Hall–Kier alpha value is -2.51. The van der Waals surface area contributed by atoms with Gasteiger partial charge in [0, 0.05) is 13.2 Å². The molecule has 0 aliphatic rings. The second-order valence-corrected chi connectivity index (χ2v) is 5.29. The van der Waals surface area contributed by atoms with E-state index in [2.05, 4.69) is 9.97 Å². The van der Waals surface area contributed by atoms with Crippen LogP contribution < -0.4 is 14.4 Å². The molecule has 0 fully saturated rings. The van der Waals surface area contributed by atoms with E-state index < -0.39 is 11.7 Å². The van der Waals surface area contributed by atoms with Crippen molar-refractivity contribution < 1.29 is 22.6 Å². The summed E-state index contributed by atoms with van der Waals surface area (Å²) in [5.74, 6) is 0.148. The van der Waals surface area contributed by atoms with Crippen molar-refractivity contribution in [3.8, 4) is 11.8 Å². The predicted octanol–water partition coefficient (Wildman–Crippen LogP) is 4.06. The summed E-state index contributed by atoms with van der Waals surface area (Å²) in [5, 5.41) is 0. The number of hydrogen-bond donors (Lipinski definition) is 0. The van der Waals surface area contributed by atoms with Gasteiger partial charge in [0.15, 0.2) is 5.82 Å². The number of methoxy groups -OCH3 is 1. The highest BCUT2D eigenvalue weighted by atomic mass is 19.4. The van der Waals surface area contributed by atoms with Gasteiger partial charge < -0.3 is 14.4 Å². The maximum atomic E-state index is 13.3. The predicted molar refractivity (Wildman–Crippen MR) is 83.9 cm³/mol. The maximum Gasteiger partial charge on any atom is 0.421 e. The molecule has 0 aliphatic carbocycles. The number of rotatable bonds is 5. The van der Waals surface area contributed by atoms with Crippen molar-refractivity contribution in [1.82, 2.24) is 9.97 Å². The Morgan fingerprint density at radius 3 is 2.42 bits per heavy atom. The standard InChI is InChI=1S/C16H18F3N3O2/c1-10(2)24-13-8-6-5-7-12(13)22(3)14-11(16(17,18)19)9-20-15(21-14)23-4/h5-10H,1-4H3. The molecule has 24 heavy (non-hydrogen) atoms. The number of benzene rings is 1. The minimum atomic E-state index is -4.59. The molecule has 1 aromatic heterocycles. The van der Waals surface area contributed by atoms with Crippen LogP contribution >= 0.6 is 0 Å². The van der Waals surface area contributed by atoms with Gasteiger partial charge in [0.05, 0.1) is 18.9 Å². The number of halogens is 3. The highest BCUT2D eigenvalue weighted by Crippen LogP contribution is 2.40. The second kappa shape index (κ2) is 6.94. The van der Waals surface area contributed by atoms with Crippen LogP contribution in [0.3, 0.4) is 0 Å². The van der Waals surface area contributed by atoms with E-state index in [-0.39, 0.29) is 17.9 Å². The molecule has 0 saturated carbocycles. The summed E-state index contributed by atoms with van der Waals surface area (Å²) in [6, 6.07) is 6.67. The summed E-state index contributed by atoms with van der Waals surface area (Å²) >= 11 is 0. The smallest absolute Gasteiger partial charge is 0.421 e. The summed E-state index contributed by atoms with van der Waals surface area (Å²) in [6.07, 6.45) is -4.01. The fourth-order valence-corrected chi connectivity index (χ4v) is 2.11. The molecule has 0 unspecified atom stereocenters. The Morgan fingerprint density at radius 1 is 1.17 bits per heavy atom. The van der Waals surface area contributed by atoms with Gasteiger partial charge in [0.1, 0.15) is 11.3 Å². The zero-order valence-corrected chi connectivity index (χ0v) is 13.8. The van der Waals surface area contributed by atoms with Crippen LogP contribution in [-0.4, -0.2) is 30.2 Å². The molecular formula is C16H18F3N3O2. The lowest BCUT2D eigenvalue weighted by Crippen LogP contribution is -2.20. The Kier molecular flexibility index (Phi) is 5.16. The first-order valence-corrected chi connectivity index (χ1v) is 7.21. The first kappa shape index (κ1) is 17.8. The van der Waals surface area contributed by atoms with Crippen LogP contribution in [0, 0.1) is 0 Å². The van der Waals surface area contributed by atoms with Crippen molar-refractivity contribution in [2.45, 2.75) is 26.1 Å². The molecule has 0 bridgehead atoms. The van der Waals surface area contributed by atoms with Gasteiger partial charge in [-0.3, -0.25) is 0 Å². The van der Waals surface area contributed by atoms with E-state index in [0.717, 1.165) is 0 Å². The number of para-hydroxylation sites is 2. The Morgan fingerprint density at radius 2 is 1.83 bits per heavy atom. The van der Waals surface area contributed by atoms with Gasteiger partial charge in [-0.15, -0.1) is 0 Å². The van der Waals surface area contributed by atoms with Gasteiger partial charge in [-0.05, 0) is 26.0 Å². The zero-order chi connectivity index (χ0) is 17.9. The largest absolute Gasteiger partial charge is 0.489 e. The van der Waals surface area contributed by atoms with E-state index in [9.17, 15) is 13.2 Å². The van der Waals surface area contributed by atoms with E-state index in [4.69, 9.17) is 9.47 Å². The summed E-state index contributed by atoms with van der Waals surface area (Å²) in [4.78, 5) is 8.74. The SMILES string of the molecule is COc1ncc(C(F)(F)F)c(N(C)c2ccccc2OC(C)C)n1. The van der Waals surface area contributed by atoms with Crippen molar-refractivity contribution in [2.24, 2.45) is 0 Å². The van der Waals surface area contributed by atoms with Crippen LogP contribution in [0.15, 0.2) is 30.5 Å². The molecule has 2 rings (SSSR count). The number of alkyl halides is 3. The summed E-state index contributed by atoms with van der Waals surface area (Å²) < 4.78 is 50.4. The van der Waals surface area contributed by atoms with Crippen LogP contribution in [0.5, 0.6) is 11.8 Å². The minimum Gasteiger partial charge on any atom is -0.489 e. The van der Waals surface area contributed by atoms with E-state index >= 15 is 0 Å². The highest BCUT2D eigenvalue weighted by Gasteiger charge is 2.37. The summed E-state index contributed by atoms with van der Waals surface area (Å²) in [6.45, 7) is 3.68. The van der Waals surface area contributed by atoms with Gasteiger partial charge in [0.25, 0.3) is 0 Å². The second-order valence-electron chi connectivity index (χ2n) is 5.29. The highest BCUT2D eigenvalue weighted by molar-refractivity contribution is 5.68. The number of nitrogens with zero attached hydrogens (tertiary/aromatic N) is 3. The minimum absolute atomic E-state index is 0.124. The monoisotopic (exact) mass is 341 g/mol. The fourth-order valence-electron chi connectivity index (χ4n) is 2.11. The lowest BCUT2D eigenvalue weighted by atomic mass is 10.2. The molecule has 0 aliphatic heterocycles. The quantitative estimate of drug-likeness (QED) is 0.821. The van der Waals surface area contributed by atoms with Crippen molar-refractivity contribution in [3.05, 3.63) is 36.0 Å². The molecule has 1 aromatic carbocycles. The normalized spacial score (nSPS) is 11.5. The van der Waals surface area contributed by atoms with Crippen molar-refractivity contribution in [1.29, 1.82) is 0 Å². The Labute approximate surface area is 138 Å². The molecule has 130 valence electrons. The zero-order valence-electron chi connectivity index (χ0n) is 13.8. The van der Waals surface area contributed by atoms with Crippen molar-refractivity contribution >= 4 is 11.5 Å². The van der Waals surface area contributed by atoms with Crippen LogP contribution in [0.4, 0.5) is 24.7 Å². The fraction of sp³-hybridized carbons (Fsp3) is 0.375. The molecular weight excluding hydrogens is 323 g/mol. The molecule has 5 nitrogen and oxygen atoms in total. The van der Waals surface area contributed by atoms with Crippen molar-refractivity contribution in [2.75, 3.05) is 19.1 Å². The van der Waals surface area contributed by atoms with E-state index in [1.807, 2.05) is 13.8 Å². The Balaban J connectivity index is 2.55. The molecule has 0 amide bonds. The maximum absolute atomic E-state index is 13.3. The van der Waals surface area contributed by atoms with Crippen molar-refractivity contribution in [3.63, 3.8) is 0 Å². The first-order valence-electron chi connectivity index (χ1n) is 7.21. The number of anilines is 2. The van der Waals surface area contributed by atoms with E-state index in [1.54, 1.807) is 24.3 Å². The molecule has 0 atom stereocenters. The molecule has 0 spiro atoms. The molecule has 0 N–H and O–H groups in total. The third-order valence-corrected chi connectivity index (χ3v) is 3.14. The number of hydrogen-bond acceptors (Lipinski definition) is 5. The van der Waals surface area contributed by atoms with Crippen LogP contribution in [-0.2, 0) is 6.18 Å². The number of aromatic nitrogens is 2. The lowest BCUT2D eigenvalue weighted by molar-refractivity contribution is -0.137. The summed E-state index contributed by atoms with van der Waals surface area (Å²) in [7, 11) is 2.78. The van der Waals surface area contributed by atoms with Gasteiger partial charge in [0.2, 0.25) is 0 Å². The van der Waals surface area contributed by atoms with Gasteiger partial charge in [-0.1, -0.05) is 12.1 Å². The van der Waals surface area contributed by atoms with Crippen LogP contribution in [0.2, 0.25) is 0 Å². The average molecular weight is 341 g/mol. The van der Waals surface area contributed by atoms with Crippen LogP contribution in [0.25, 0.3) is 0 Å². The molecule has 8 heteroatoms. The molecule has 0 saturated heterocycles. The third kappa shape index (κ3) is 3.87. The average Bonchev–Trinajstić information content (AvgIpc) is 2.52. The van der Waals surface area contributed by atoms with E-state index in [1.165, 1.54) is 19.1 Å². The van der Waals surface area contributed by atoms with Gasteiger partial charge in [-0.2, -0.15) is 18.2 Å². The topological polar surface area (TPSA) is 47.5 Å². The molecule has 1 heterocycles. The third-order valence-electron chi connectivity index (χ3n) is 3.14. The number of ether oxygens (including phenoxy) is 2. The van der Waals surface area contributed by atoms with E-state index in [0.29, 0.717) is 17.6 Å². The summed E-state index contributed by atoms with van der Waals surface area (Å²) in [5.41, 5.74) is -0.498.